The first-order valence-corrected chi connectivity index (χ1v) is 12.4. The minimum absolute atomic E-state index is 0.0271. The molecule has 0 N–H and O–H groups in total. The van der Waals surface area contributed by atoms with Crippen LogP contribution in [0.4, 0.5) is 5.13 Å². The molecule has 1 saturated heterocycles. The molecule has 2 heterocycles. The van der Waals surface area contributed by atoms with Crippen LogP contribution in [0, 0.1) is 0 Å². The third-order valence-electron chi connectivity index (χ3n) is 5.89. The monoisotopic (exact) mass is 467 g/mol. The summed E-state index contributed by atoms with van der Waals surface area (Å²) in [5.74, 6) is 0.730. The van der Waals surface area contributed by atoms with Crippen molar-refractivity contribution in [3.8, 4) is 5.75 Å². The number of anilines is 1. The Labute approximate surface area is 200 Å². The number of hydrogen-bond acceptors (Lipinski definition) is 6. The highest BCUT2D eigenvalue weighted by Crippen LogP contribution is 2.35. The lowest BCUT2D eigenvalue weighted by Crippen LogP contribution is -2.43. The van der Waals surface area contributed by atoms with E-state index in [2.05, 4.69) is 37.8 Å². The third-order valence-corrected chi connectivity index (χ3v) is 6.93. The van der Waals surface area contributed by atoms with Gasteiger partial charge in [-0.25, -0.2) is 4.98 Å². The van der Waals surface area contributed by atoms with E-state index in [-0.39, 0.29) is 11.3 Å². The number of carbonyl (C=O) groups excluding carboxylic acids is 1. The molecule has 1 aromatic heterocycles. The minimum atomic E-state index is -0.0271. The lowest BCUT2D eigenvalue weighted by Gasteiger charge is -2.29. The highest BCUT2D eigenvalue weighted by atomic mass is 32.1. The Kier molecular flexibility index (Phi) is 7.32. The molecule has 0 unspecified atom stereocenters. The Morgan fingerprint density at radius 1 is 1.15 bits per heavy atom. The molecule has 1 amide bonds. The van der Waals surface area contributed by atoms with Gasteiger partial charge in [-0.2, -0.15) is 0 Å². The van der Waals surface area contributed by atoms with Gasteiger partial charge in [0.2, 0.25) is 0 Å². The number of rotatable bonds is 7. The van der Waals surface area contributed by atoms with E-state index in [1.165, 1.54) is 16.9 Å². The Hall–Kier alpha value is -2.48. The largest absolute Gasteiger partial charge is 0.492 e. The van der Waals surface area contributed by atoms with E-state index in [9.17, 15) is 4.79 Å². The van der Waals surface area contributed by atoms with Crippen LogP contribution in [0.5, 0.6) is 5.75 Å². The maximum Gasteiger partial charge on any atom is 0.260 e. The van der Waals surface area contributed by atoms with Crippen molar-refractivity contribution in [2.24, 2.45) is 0 Å². The highest BCUT2D eigenvalue weighted by molar-refractivity contribution is 7.22. The van der Waals surface area contributed by atoms with Gasteiger partial charge in [0.25, 0.3) is 5.91 Å². The average Bonchev–Trinajstić information content (AvgIpc) is 3.24. The zero-order chi connectivity index (χ0) is 23.4. The number of carbonyl (C=O) groups is 1. The van der Waals surface area contributed by atoms with E-state index in [1.54, 1.807) is 0 Å². The van der Waals surface area contributed by atoms with Gasteiger partial charge in [-0.05, 0) is 42.2 Å². The Bertz CT molecular complexity index is 1080. The number of ether oxygens (including phenoxy) is 2. The van der Waals surface area contributed by atoms with Crippen molar-refractivity contribution in [3.63, 3.8) is 0 Å². The topological polar surface area (TPSA) is 54.9 Å². The number of para-hydroxylation sites is 1. The molecule has 1 aliphatic heterocycles. The van der Waals surface area contributed by atoms with E-state index in [1.807, 2.05) is 42.2 Å². The molecule has 0 bridgehead atoms. The summed E-state index contributed by atoms with van der Waals surface area (Å²) < 4.78 is 12.3. The molecule has 7 heteroatoms. The highest BCUT2D eigenvalue weighted by Gasteiger charge is 2.24. The summed E-state index contributed by atoms with van der Waals surface area (Å²) in [5.41, 5.74) is 2.74. The minimum Gasteiger partial charge on any atom is -0.492 e. The fourth-order valence-electron chi connectivity index (χ4n) is 3.92. The number of hydrogen-bond donors (Lipinski definition) is 0. The lowest BCUT2D eigenvalue weighted by atomic mass is 9.86. The van der Waals surface area contributed by atoms with E-state index in [4.69, 9.17) is 14.5 Å². The van der Waals surface area contributed by atoms with Crippen LogP contribution in [-0.2, 0) is 10.2 Å². The summed E-state index contributed by atoms with van der Waals surface area (Å²) in [6.07, 6.45) is 0. The summed E-state index contributed by atoms with van der Waals surface area (Å²) in [6.45, 7) is 13.7. The predicted molar refractivity (Wildman–Crippen MR) is 135 cm³/mol. The van der Waals surface area contributed by atoms with Gasteiger partial charge >= 0.3 is 0 Å². The van der Waals surface area contributed by atoms with E-state index >= 15 is 0 Å². The Morgan fingerprint density at radius 2 is 1.88 bits per heavy atom. The molecule has 176 valence electrons. The first kappa shape index (κ1) is 23.7. The molecule has 6 nitrogen and oxygen atoms in total. The first-order valence-electron chi connectivity index (χ1n) is 11.6. The molecule has 0 aliphatic carbocycles. The maximum atomic E-state index is 13.7. The zero-order valence-corrected chi connectivity index (χ0v) is 20.8. The van der Waals surface area contributed by atoms with E-state index in [0.29, 0.717) is 23.8 Å². The van der Waals surface area contributed by atoms with Crippen molar-refractivity contribution in [1.29, 1.82) is 0 Å². The number of fused-ring (bicyclic) bond motifs is 1. The lowest BCUT2D eigenvalue weighted by molar-refractivity contribution is 0.0391. The first-order chi connectivity index (χ1) is 15.9. The van der Waals surface area contributed by atoms with E-state index < -0.39 is 0 Å². The number of thiazole rings is 1. The summed E-state index contributed by atoms with van der Waals surface area (Å²) in [5, 5.41) is 0.704. The second-order valence-electron chi connectivity index (χ2n) is 9.27. The van der Waals surface area contributed by atoms with Crippen LogP contribution < -0.4 is 9.64 Å². The molecule has 0 spiro atoms. The van der Waals surface area contributed by atoms with Gasteiger partial charge in [-0.3, -0.25) is 14.6 Å². The van der Waals surface area contributed by atoms with Crippen molar-refractivity contribution < 1.29 is 14.3 Å². The quantitative estimate of drug-likeness (QED) is 0.491. The van der Waals surface area contributed by atoms with Crippen LogP contribution in [0.1, 0.15) is 43.6 Å². The van der Waals surface area contributed by atoms with Gasteiger partial charge in [0.1, 0.15) is 11.3 Å². The Morgan fingerprint density at radius 3 is 2.55 bits per heavy atom. The summed E-state index contributed by atoms with van der Waals surface area (Å²) in [6, 6.07) is 13.9. The molecule has 1 aliphatic rings. The van der Waals surface area contributed by atoms with Crippen molar-refractivity contribution in [1.82, 2.24) is 9.88 Å². The number of aromatic nitrogens is 1. The molecule has 0 atom stereocenters. The van der Waals surface area contributed by atoms with Gasteiger partial charge in [-0.15, -0.1) is 0 Å². The fraction of sp³-hybridized carbons (Fsp3) is 0.462. The standard InChI is InChI=1S/C26H33N3O3S/c1-5-32-21-7-6-8-22-23(21)27-25(33-22)29(14-13-28-15-17-31-18-16-28)24(30)19-9-11-20(12-10-19)26(2,3)4/h6-12H,5,13-18H2,1-4H3. The predicted octanol–water partition coefficient (Wildman–Crippen LogP) is 4.97. The molecule has 0 radical (unpaired) electrons. The summed E-state index contributed by atoms with van der Waals surface area (Å²) in [4.78, 5) is 22.7. The summed E-state index contributed by atoms with van der Waals surface area (Å²) in [7, 11) is 0. The number of benzene rings is 2. The molecule has 4 rings (SSSR count). The number of amides is 1. The van der Waals surface area contributed by atoms with Crippen molar-refractivity contribution in [2.45, 2.75) is 33.1 Å². The second kappa shape index (κ2) is 10.2. The SMILES string of the molecule is CCOc1cccc2sc(N(CCN3CCOCC3)C(=O)c3ccc(C(C)(C)C)cc3)nc12. The van der Waals surface area contributed by atoms with Gasteiger partial charge < -0.3 is 9.47 Å². The molecule has 2 aromatic carbocycles. The van der Waals surface area contributed by atoms with Crippen LogP contribution in [0.15, 0.2) is 42.5 Å². The van der Waals surface area contributed by atoms with Crippen molar-refractivity contribution in [3.05, 3.63) is 53.6 Å². The van der Waals surface area contributed by atoms with E-state index in [0.717, 1.165) is 48.8 Å². The molecule has 33 heavy (non-hydrogen) atoms. The van der Waals surface area contributed by atoms with Gasteiger partial charge in [-0.1, -0.05) is 50.3 Å². The second-order valence-corrected chi connectivity index (χ2v) is 10.3. The van der Waals surface area contributed by atoms with Gasteiger partial charge in [0.15, 0.2) is 5.13 Å². The molecular weight excluding hydrogens is 434 g/mol. The molecular formula is C26H33N3O3S. The Balaban J connectivity index is 1.65. The van der Waals surface area contributed by atoms with Gasteiger partial charge in [0.05, 0.1) is 24.5 Å². The normalized spacial score (nSPS) is 15.0. The third kappa shape index (κ3) is 5.54. The van der Waals surface area contributed by atoms with Crippen molar-refractivity contribution in [2.75, 3.05) is 50.9 Å². The molecule has 3 aromatic rings. The fourth-order valence-corrected chi connectivity index (χ4v) is 4.93. The number of nitrogens with zero attached hydrogens (tertiary/aromatic N) is 3. The van der Waals surface area contributed by atoms with Crippen LogP contribution in [0.2, 0.25) is 0 Å². The van der Waals surface area contributed by atoms with Crippen molar-refractivity contribution >= 4 is 32.6 Å². The van der Waals surface area contributed by atoms with Crippen LogP contribution in [-0.4, -0.2) is 61.8 Å². The average molecular weight is 468 g/mol. The molecule has 1 fully saturated rings. The molecule has 0 saturated carbocycles. The van der Waals surface area contributed by atoms with Crippen LogP contribution in [0.25, 0.3) is 10.2 Å². The van der Waals surface area contributed by atoms with Crippen LogP contribution in [0.3, 0.4) is 0 Å². The summed E-state index contributed by atoms with van der Waals surface area (Å²) >= 11 is 1.53. The number of morpholine rings is 1. The smallest absolute Gasteiger partial charge is 0.260 e. The van der Waals surface area contributed by atoms with Gasteiger partial charge in [0, 0.05) is 31.7 Å². The van der Waals surface area contributed by atoms with Crippen LogP contribution >= 0.6 is 11.3 Å². The maximum absolute atomic E-state index is 13.7. The zero-order valence-electron chi connectivity index (χ0n) is 20.0.